The van der Waals surface area contributed by atoms with Gasteiger partial charge in [-0.1, -0.05) is 22.0 Å². The summed E-state index contributed by atoms with van der Waals surface area (Å²) in [5, 5.41) is 4.08. The maximum atomic E-state index is 14.4. The molecular formula is C19H14BrF3N4O2. The van der Waals surface area contributed by atoms with Crippen LogP contribution in [0.15, 0.2) is 40.9 Å². The first-order chi connectivity index (χ1) is 13.5. The summed E-state index contributed by atoms with van der Waals surface area (Å²) >= 11 is 3.18. The van der Waals surface area contributed by atoms with Crippen LogP contribution < -0.4 is 10.6 Å². The normalized spacial score (nSPS) is 18.6. The molecule has 0 radical (unpaired) electrons. The molecule has 10 heteroatoms. The van der Waals surface area contributed by atoms with Crippen molar-refractivity contribution in [3.8, 4) is 0 Å². The van der Waals surface area contributed by atoms with Crippen LogP contribution in [0.3, 0.4) is 0 Å². The smallest absolute Gasteiger partial charge is 0.313 e. The zero-order chi connectivity index (χ0) is 21.1. The number of rotatable bonds is 2. The number of aromatic nitrogens is 2. The molecule has 0 saturated heterocycles. The molecule has 2 aromatic carbocycles. The van der Waals surface area contributed by atoms with Gasteiger partial charge in [-0.3, -0.25) is 19.5 Å². The van der Waals surface area contributed by atoms with Crippen LogP contribution in [-0.4, -0.2) is 27.5 Å². The molecule has 0 saturated carbocycles. The van der Waals surface area contributed by atoms with E-state index >= 15 is 0 Å². The Morgan fingerprint density at radius 1 is 1.21 bits per heavy atom. The van der Waals surface area contributed by atoms with E-state index in [1.807, 2.05) is 12.2 Å². The Labute approximate surface area is 171 Å². The highest BCUT2D eigenvalue weighted by Gasteiger charge is 2.67. The minimum absolute atomic E-state index is 0.0271. The monoisotopic (exact) mass is 466 g/mol. The molecule has 0 aliphatic carbocycles. The molecule has 1 unspecified atom stereocenters. The highest BCUT2D eigenvalue weighted by molar-refractivity contribution is 9.10. The van der Waals surface area contributed by atoms with E-state index in [-0.39, 0.29) is 22.5 Å². The lowest BCUT2D eigenvalue weighted by Gasteiger charge is -2.32. The number of amides is 2. The summed E-state index contributed by atoms with van der Waals surface area (Å²) in [6.07, 6.45) is -5.13. The van der Waals surface area contributed by atoms with Crippen molar-refractivity contribution in [1.82, 2.24) is 14.9 Å². The van der Waals surface area contributed by atoms with E-state index < -0.39 is 23.7 Å². The molecule has 2 heterocycles. The predicted octanol–water partition coefficient (Wildman–Crippen LogP) is 4.01. The molecule has 2 amide bonds. The third-order valence-corrected chi connectivity index (χ3v) is 5.44. The topological polar surface area (TPSA) is 76.0 Å². The van der Waals surface area contributed by atoms with Crippen molar-refractivity contribution in [2.75, 3.05) is 5.32 Å². The Morgan fingerprint density at radius 2 is 1.90 bits per heavy atom. The molecule has 0 bridgehead atoms. The van der Waals surface area contributed by atoms with Crippen LogP contribution in [0.1, 0.15) is 21.5 Å². The van der Waals surface area contributed by atoms with Gasteiger partial charge in [0.15, 0.2) is 0 Å². The molecule has 3 aromatic rings. The summed E-state index contributed by atoms with van der Waals surface area (Å²) in [6.45, 7) is 3.55. The molecule has 150 valence electrons. The predicted molar refractivity (Wildman–Crippen MR) is 103 cm³/mol. The van der Waals surface area contributed by atoms with Crippen LogP contribution >= 0.6 is 15.9 Å². The number of hydrogen-bond acceptors (Lipinski definition) is 3. The zero-order valence-electron chi connectivity index (χ0n) is 15.2. The number of hydrogen-bond donors (Lipinski definition) is 2. The van der Waals surface area contributed by atoms with Crippen molar-refractivity contribution in [2.24, 2.45) is 0 Å². The lowest BCUT2D eigenvalue weighted by Crippen LogP contribution is -2.63. The fourth-order valence-corrected chi connectivity index (χ4v) is 3.75. The summed E-state index contributed by atoms with van der Waals surface area (Å²) in [4.78, 5) is 29.4. The van der Waals surface area contributed by atoms with Crippen molar-refractivity contribution in [1.29, 1.82) is 0 Å². The van der Waals surface area contributed by atoms with E-state index in [1.54, 1.807) is 19.1 Å². The molecule has 29 heavy (non-hydrogen) atoms. The van der Waals surface area contributed by atoms with Gasteiger partial charge in [-0.05, 0) is 55.3 Å². The maximum Gasteiger partial charge on any atom is 0.440 e. The standard InChI is InChI=1S/C19H14BrF3N4O2/c1-9-6-13-14(7-10(9)2)27-17(24-13)25-16(29)18(27,19(21,22)23)26-15(28)11-4-3-5-12(20)8-11/h3-8H,1-2H3,(H,26,28)(H,24,25,29). The second-order valence-corrected chi connectivity index (χ2v) is 7.74. The second kappa shape index (κ2) is 6.31. The number of carbonyl (C=O) groups is 2. The number of anilines is 1. The van der Waals surface area contributed by atoms with Gasteiger partial charge >= 0.3 is 6.18 Å². The summed E-state index contributed by atoms with van der Waals surface area (Å²) in [6, 6.07) is 9.03. The largest absolute Gasteiger partial charge is 0.440 e. The van der Waals surface area contributed by atoms with Crippen LogP contribution in [0.4, 0.5) is 19.1 Å². The van der Waals surface area contributed by atoms with Crippen LogP contribution in [0, 0.1) is 13.8 Å². The van der Waals surface area contributed by atoms with Gasteiger partial charge in [-0.25, -0.2) is 4.98 Å². The number of nitrogens with zero attached hydrogens (tertiary/aromatic N) is 2. The van der Waals surface area contributed by atoms with E-state index in [0.717, 1.165) is 11.1 Å². The molecule has 0 spiro atoms. The van der Waals surface area contributed by atoms with E-state index in [4.69, 9.17) is 0 Å². The van der Waals surface area contributed by atoms with Gasteiger partial charge in [0.2, 0.25) is 5.95 Å². The number of aryl methyl sites for hydroxylation is 2. The number of halogens is 4. The SMILES string of the molecule is Cc1cc2nc3n(c2cc1C)C(NC(=O)c1cccc(Br)c1)(C(F)(F)F)C(=O)N3. The van der Waals surface area contributed by atoms with Gasteiger partial charge in [0.05, 0.1) is 11.0 Å². The Hall–Kier alpha value is -2.88. The molecule has 1 aliphatic rings. The molecule has 2 N–H and O–H groups in total. The van der Waals surface area contributed by atoms with Crippen molar-refractivity contribution >= 4 is 44.7 Å². The highest BCUT2D eigenvalue weighted by Crippen LogP contribution is 2.44. The average molecular weight is 467 g/mol. The average Bonchev–Trinajstić information content (AvgIpc) is 3.09. The van der Waals surface area contributed by atoms with Crippen LogP contribution in [-0.2, 0) is 10.5 Å². The summed E-state index contributed by atoms with van der Waals surface area (Å²) < 4.78 is 44.3. The maximum absolute atomic E-state index is 14.4. The van der Waals surface area contributed by atoms with Crippen LogP contribution in [0.25, 0.3) is 11.0 Å². The third-order valence-electron chi connectivity index (χ3n) is 4.95. The highest BCUT2D eigenvalue weighted by atomic mass is 79.9. The Balaban J connectivity index is 1.93. The fourth-order valence-electron chi connectivity index (χ4n) is 3.35. The summed E-state index contributed by atoms with van der Waals surface area (Å²) in [5.74, 6) is -2.74. The Morgan fingerprint density at radius 3 is 2.55 bits per heavy atom. The first-order valence-electron chi connectivity index (χ1n) is 8.51. The van der Waals surface area contributed by atoms with Gasteiger partial charge < -0.3 is 5.32 Å². The minimum Gasteiger partial charge on any atom is -0.313 e. The third kappa shape index (κ3) is 2.81. The van der Waals surface area contributed by atoms with Gasteiger partial charge in [0.1, 0.15) is 0 Å². The molecular weight excluding hydrogens is 453 g/mol. The number of alkyl halides is 3. The van der Waals surface area contributed by atoms with E-state index in [9.17, 15) is 22.8 Å². The van der Waals surface area contributed by atoms with Gasteiger partial charge in [0, 0.05) is 10.0 Å². The van der Waals surface area contributed by atoms with Gasteiger partial charge in [0.25, 0.3) is 17.5 Å². The second-order valence-electron chi connectivity index (χ2n) is 6.82. The lowest BCUT2D eigenvalue weighted by molar-refractivity contribution is -0.213. The van der Waals surface area contributed by atoms with Crippen molar-refractivity contribution in [3.63, 3.8) is 0 Å². The number of nitrogens with one attached hydrogen (secondary N) is 2. The van der Waals surface area contributed by atoms with Crippen molar-refractivity contribution in [3.05, 3.63) is 57.6 Å². The lowest BCUT2D eigenvalue weighted by atomic mass is 10.1. The van der Waals surface area contributed by atoms with Crippen molar-refractivity contribution < 1.29 is 22.8 Å². The van der Waals surface area contributed by atoms with Crippen LogP contribution in [0.2, 0.25) is 0 Å². The van der Waals surface area contributed by atoms with Crippen LogP contribution in [0.5, 0.6) is 0 Å². The van der Waals surface area contributed by atoms with E-state index in [0.29, 0.717) is 9.04 Å². The number of benzene rings is 2. The number of fused-ring (bicyclic) bond motifs is 3. The summed E-state index contributed by atoms with van der Waals surface area (Å²) in [7, 11) is 0. The zero-order valence-corrected chi connectivity index (χ0v) is 16.8. The molecule has 1 atom stereocenters. The molecule has 1 aliphatic heterocycles. The fraction of sp³-hybridized carbons (Fsp3) is 0.211. The number of imidazole rings is 1. The molecule has 0 fully saturated rings. The van der Waals surface area contributed by atoms with Gasteiger partial charge in [-0.15, -0.1) is 0 Å². The minimum atomic E-state index is -5.13. The molecule has 1 aromatic heterocycles. The van der Waals surface area contributed by atoms with Gasteiger partial charge in [-0.2, -0.15) is 13.2 Å². The first kappa shape index (κ1) is 19.4. The van der Waals surface area contributed by atoms with E-state index in [1.165, 1.54) is 24.3 Å². The quantitative estimate of drug-likeness (QED) is 0.598. The van der Waals surface area contributed by atoms with E-state index in [2.05, 4.69) is 26.2 Å². The van der Waals surface area contributed by atoms with Crippen molar-refractivity contribution in [2.45, 2.75) is 25.7 Å². The molecule has 6 nitrogen and oxygen atoms in total. The Bertz CT molecular complexity index is 1190. The Kier molecular flexibility index (Phi) is 4.23. The number of carbonyl (C=O) groups excluding carboxylic acids is 2. The molecule has 4 rings (SSSR count). The summed E-state index contributed by atoms with van der Waals surface area (Å²) in [5.41, 5.74) is -1.40. The first-order valence-corrected chi connectivity index (χ1v) is 9.30.